The first kappa shape index (κ1) is 14.8. The van der Waals surface area contributed by atoms with E-state index in [1.54, 1.807) is 4.68 Å². The van der Waals surface area contributed by atoms with E-state index < -0.39 is 0 Å². The van der Waals surface area contributed by atoms with Crippen molar-refractivity contribution in [3.63, 3.8) is 0 Å². The lowest BCUT2D eigenvalue weighted by Gasteiger charge is -2.06. The molecule has 0 aliphatic heterocycles. The third-order valence-corrected chi connectivity index (χ3v) is 3.20. The van der Waals surface area contributed by atoms with Crippen LogP contribution in [0, 0.1) is 19.7 Å². The highest BCUT2D eigenvalue weighted by Gasteiger charge is 2.09. The van der Waals surface area contributed by atoms with E-state index in [-0.39, 0.29) is 11.7 Å². The van der Waals surface area contributed by atoms with Gasteiger partial charge in [-0.1, -0.05) is 0 Å². The lowest BCUT2D eigenvalue weighted by atomic mass is 10.2. The Morgan fingerprint density at radius 2 is 1.78 bits per heavy atom. The summed E-state index contributed by atoms with van der Waals surface area (Å²) >= 11 is 0. The van der Waals surface area contributed by atoms with Crippen LogP contribution in [-0.2, 0) is 0 Å². The summed E-state index contributed by atoms with van der Waals surface area (Å²) in [6, 6.07) is 7.22. The largest absolute Gasteiger partial charge is 0.319 e. The third kappa shape index (κ3) is 3.23. The molecule has 7 heteroatoms. The normalized spacial score (nSPS) is 10.6. The zero-order valence-corrected chi connectivity index (χ0v) is 12.6. The summed E-state index contributed by atoms with van der Waals surface area (Å²) in [6.07, 6.45) is 3.00. The van der Waals surface area contributed by atoms with Gasteiger partial charge in [-0.3, -0.25) is 4.79 Å². The van der Waals surface area contributed by atoms with Crippen molar-refractivity contribution in [2.45, 2.75) is 13.8 Å². The molecule has 3 aromatic rings. The van der Waals surface area contributed by atoms with Crippen LogP contribution in [0.4, 0.5) is 10.1 Å². The number of nitrogens with zero attached hydrogens (tertiary/aromatic N) is 4. The van der Waals surface area contributed by atoms with Crippen molar-refractivity contribution < 1.29 is 9.18 Å². The smallest absolute Gasteiger partial charge is 0.255 e. The van der Waals surface area contributed by atoms with Gasteiger partial charge in [0.05, 0.1) is 23.8 Å². The van der Waals surface area contributed by atoms with Crippen LogP contribution in [0.3, 0.4) is 0 Å². The molecule has 0 aliphatic carbocycles. The topological polar surface area (TPSA) is 72.7 Å². The van der Waals surface area contributed by atoms with E-state index in [9.17, 15) is 9.18 Å². The molecule has 0 bridgehead atoms. The molecule has 1 N–H and O–H groups in total. The van der Waals surface area contributed by atoms with E-state index in [1.807, 2.05) is 19.9 Å². The van der Waals surface area contributed by atoms with Gasteiger partial charge in [0.1, 0.15) is 5.82 Å². The van der Waals surface area contributed by atoms with Crippen LogP contribution in [0.2, 0.25) is 0 Å². The number of aryl methyl sites for hydroxylation is 2. The number of aromatic nitrogens is 4. The van der Waals surface area contributed by atoms with E-state index in [2.05, 4.69) is 20.4 Å². The van der Waals surface area contributed by atoms with E-state index in [0.717, 1.165) is 11.4 Å². The van der Waals surface area contributed by atoms with Gasteiger partial charge in [0.25, 0.3) is 11.9 Å². The van der Waals surface area contributed by atoms with E-state index in [1.165, 1.54) is 36.7 Å². The van der Waals surface area contributed by atoms with Crippen molar-refractivity contribution in [2.24, 2.45) is 0 Å². The Kier molecular flexibility index (Phi) is 3.84. The van der Waals surface area contributed by atoms with Crippen molar-refractivity contribution in [2.75, 3.05) is 5.32 Å². The van der Waals surface area contributed by atoms with Gasteiger partial charge in [-0.25, -0.2) is 19.0 Å². The fraction of sp³-hybridized carbons (Fsp3) is 0.125. The van der Waals surface area contributed by atoms with Crippen molar-refractivity contribution >= 4 is 11.6 Å². The number of carbonyl (C=O) groups is 1. The highest BCUT2D eigenvalue weighted by Crippen LogP contribution is 2.11. The molecule has 0 aliphatic rings. The molecular weight excluding hydrogens is 297 g/mol. The molecule has 116 valence electrons. The molecule has 0 spiro atoms. The Balaban J connectivity index is 1.76. The monoisotopic (exact) mass is 311 g/mol. The van der Waals surface area contributed by atoms with Gasteiger partial charge >= 0.3 is 0 Å². The van der Waals surface area contributed by atoms with Gasteiger partial charge in [0, 0.05) is 11.3 Å². The number of carbonyl (C=O) groups excluding carboxylic acids is 1. The molecule has 0 fully saturated rings. The molecule has 0 radical (unpaired) electrons. The Labute approximate surface area is 132 Å². The maximum absolute atomic E-state index is 12.9. The predicted octanol–water partition coefficient (Wildman–Crippen LogP) is 2.67. The number of hydrogen-bond acceptors (Lipinski definition) is 4. The van der Waals surface area contributed by atoms with Gasteiger partial charge in [0.2, 0.25) is 0 Å². The fourth-order valence-corrected chi connectivity index (χ4v) is 2.13. The Bertz CT molecular complexity index is 840. The van der Waals surface area contributed by atoms with Crippen molar-refractivity contribution in [1.82, 2.24) is 19.7 Å². The summed E-state index contributed by atoms with van der Waals surface area (Å²) in [4.78, 5) is 20.4. The minimum atomic E-state index is -0.390. The number of hydrogen-bond donors (Lipinski definition) is 1. The second-order valence-corrected chi connectivity index (χ2v) is 5.07. The quantitative estimate of drug-likeness (QED) is 0.807. The van der Waals surface area contributed by atoms with E-state index >= 15 is 0 Å². The molecule has 0 atom stereocenters. The average molecular weight is 311 g/mol. The van der Waals surface area contributed by atoms with Crippen molar-refractivity contribution in [3.8, 4) is 5.95 Å². The minimum Gasteiger partial charge on any atom is -0.319 e. The average Bonchev–Trinajstić information content (AvgIpc) is 2.87. The molecule has 0 unspecified atom stereocenters. The maximum atomic E-state index is 12.9. The molecule has 2 aromatic heterocycles. The summed E-state index contributed by atoms with van der Waals surface area (Å²) in [5.41, 5.74) is 2.60. The first-order chi connectivity index (χ1) is 11.0. The standard InChI is InChI=1S/C16H14FN5O/c1-10-7-11(2)22(21-10)16-18-8-14(9-19-16)20-15(23)12-3-5-13(17)6-4-12/h3-9H,1-2H3,(H,20,23). The van der Waals surface area contributed by atoms with Crippen LogP contribution in [0.5, 0.6) is 0 Å². The van der Waals surface area contributed by atoms with E-state index in [0.29, 0.717) is 17.2 Å². The highest BCUT2D eigenvalue weighted by atomic mass is 19.1. The number of benzene rings is 1. The van der Waals surface area contributed by atoms with Crippen LogP contribution >= 0.6 is 0 Å². The first-order valence-corrected chi connectivity index (χ1v) is 6.95. The number of nitrogens with one attached hydrogen (secondary N) is 1. The van der Waals surface area contributed by atoms with Crippen molar-refractivity contribution in [1.29, 1.82) is 0 Å². The Morgan fingerprint density at radius 3 is 2.35 bits per heavy atom. The highest BCUT2D eigenvalue weighted by molar-refractivity contribution is 6.04. The second-order valence-electron chi connectivity index (χ2n) is 5.07. The number of halogens is 1. The molecule has 2 heterocycles. The third-order valence-electron chi connectivity index (χ3n) is 3.20. The molecular formula is C16H14FN5O. The molecule has 1 amide bonds. The Morgan fingerprint density at radius 1 is 1.13 bits per heavy atom. The summed E-state index contributed by atoms with van der Waals surface area (Å²) in [5.74, 6) is -0.318. The van der Waals surface area contributed by atoms with Crippen LogP contribution in [0.25, 0.3) is 5.95 Å². The molecule has 23 heavy (non-hydrogen) atoms. The summed E-state index contributed by atoms with van der Waals surface area (Å²) in [6.45, 7) is 3.80. The Hall–Kier alpha value is -3.09. The first-order valence-electron chi connectivity index (χ1n) is 6.95. The van der Waals surface area contributed by atoms with Crippen molar-refractivity contribution in [3.05, 3.63) is 65.5 Å². The van der Waals surface area contributed by atoms with Gasteiger partial charge < -0.3 is 5.32 Å². The molecule has 6 nitrogen and oxygen atoms in total. The van der Waals surface area contributed by atoms with Gasteiger partial charge in [-0.15, -0.1) is 0 Å². The van der Waals surface area contributed by atoms with Crippen LogP contribution in [0.1, 0.15) is 21.7 Å². The zero-order chi connectivity index (χ0) is 16.4. The van der Waals surface area contributed by atoms with Gasteiger partial charge in [-0.05, 0) is 44.2 Å². The fourth-order valence-electron chi connectivity index (χ4n) is 2.13. The number of anilines is 1. The minimum absolute atomic E-state index is 0.354. The molecule has 0 saturated heterocycles. The summed E-state index contributed by atoms with van der Waals surface area (Å²) in [5, 5.41) is 6.96. The summed E-state index contributed by atoms with van der Waals surface area (Å²) < 4.78 is 14.5. The SMILES string of the molecule is Cc1cc(C)n(-c2ncc(NC(=O)c3ccc(F)cc3)cn2)n1. The maximum Gasteiger partial charge on any atom is 0.255 e. The number of amides is 1. The number of rotatable bonds is 3. The summed E-state index contributed by atoms with van der Waals surface area (Å²) in [7, 11) is 0. The molecule has 0 saturated carbocycles. The molecule has 3 rings (SSSR count). The lowest BCUT2D eigenvalue weighted by Crippen LogP contribution is -2.13. The lowest BCUT2D eigenvalue weighted by molar-refractivity contribution is 0.102. The van der Waals surface area contributed by atoms with Crippen LogP contribution < -0.4 is 5.32 Å². The molecule has 1 aromatic carbocycles. The zero-order valence-electron chi connectivity index (χ0n) is 12.6. The predicted molar refractivity (Wildman–Crippen MR) is 83.0 cm³/mol. The van der Waals surface area contributed by atoms with Gasteiger partial charge in [-0.2, -0.15) is 5.10 Å². The van der Waals surface area contributed by atoms with Gasteiger partial charge in [0.15, 0.2) is 0 Å². The second kappa shape index (κ2) is 5.96. The van der Waals surface area contributed by atoms with Crippen LogP contribution in [-0.4, -0.2) is 25.7 Å². The van der Waals surface area contributed by atoms with E-state index in [4.69, 9.17) is 0 Å². The van der Waals surface area contributed by atoms with Crippen LogP contribution in [0.15, 0.2) is 42.7 Å².